The summed E-state index contributed by atoms with van der Waals surface area (Å²) in [6.07, 6.45) is -0.620. The molecule has 0 aliphatic rings. The summed E-state index contributed by atoms with van der Waals surface area (Å²) in [7, 11) is 0. The third kappa shape index (κ3) is 8.67. The van der Waals surface area contributed by atoms with Crippen molar-refractivity contribution in [2.24, 2.45) is 11.5 Å². The number of aliphatic hydroxyl groups is 2. The summed E-state index contributed by atoms with van der Waals surface area (Å²) in [6.45, 7) is -1.59. The number of primary amides is 1. The fraction of sp³-hybridized carbons (Fsp3) is 0.615. The number of carbonyl (C=O) groups excluding carboxylic acids is 4. The number of hydrogen-bond donors (Lipinski definition) is 9. The first-order valence-electron chi connectivity index (χ1n) is 7.57. The summed E-state index contributed by atoms with van der Waals surface area (Å²) < 4.78 is 0. The molecule has 0 spiro atoms. The van der Waals surface area contributed by atoms with E-state index >= 15 is 0 Å². The van der Waals surface area contributed by atoms with E-state index in [2.05, 4.69) is 23.3 Å². The predicted molar refractivity (Wildman–Crippen MR) is 93.2 cm³/mol. The zero-order valence-corrected chi connectivity index (χ0v) is 15.0. The van der Waals surface area contributed by atoms with Crippen molar-refractivity contribution in [3.63, 3.8) is 0 Å². The van der Waals surface area contributed by atoms with Crippen molar-refractivity contribution < 1.29 is 39.3 Å². The topological polar surface area (TPSA) is 234 Å². The zero-order chi connectivity index (χ0) is 21.1. The monoisotopic (exact) mass is 409 g/mol. The SMILES string of the molecule is NC(=O)CC(NC(=O)C(N)CO)C(=O)NC(CS)C(=O)NC(CO)C(=O)O. The van der Waals surface area contributed by atoms with E-state index in [1.54, 1.807) is 0 Å². The lowest BCUT2D eigenvalue weighted by Crippen LogP contribution is -2.58. The fourth-order valence-electron chi connectivity index (χ4n) is 1.70. The number of thiol groups is 1. The maximum absolute atomic E-state index is 12.3. The number of aliphatic hydroxyl groups excluding tert-OH is 2. The average molecular weight is 409 g/mol. The van der Waals surface area contributed by atoms with Crippen LogP contribution in [0.1, 0.15) is 6.42 Å². The van der Waals surface area contributed by atoms with Crippen LogP contribution in [0.15, 0.2) is 0 Å². The van der Waals surface area contributed by atoms with Gasteiger partial charge in [-0.2, -0.15) is 12.6 Å². The van der Waals surface area contributed by atoms with Crippen LogP contribution in [0, 0.1) is 0 Å². The Morgan fingerprint density at radius 1 is 0.852 bits per heavy atom. The van der Waals surface area contributed by atoms with Crippen LogP contribution in [0.4, 0.5) is 0 Å². The fourth-order valence-corrected chi connectivity index (χ4v) is 1.95. The van der Waals surface area contributed by atoms with E-state index in [1.165, 1.54) is 0 Å². The molecule has 0 saturated heterocycles. The molecule has 0 radical (unpaired) electrons. The Morgan fingerprint density at radius 3 is 1.74 bits per heavy atom. The van der Waals surface area contributed by atoms with Gasteiger partial charge in [-0.3, -0.25) is 19.2 Å². The minimum Gasteiger partial charge on any atom is -0.480 e. The Morgan fingerprint density at radius 2 is 1.33 bits per heavy atom. The maximum Gasteiger partial charge on any atom is 0.328 e. The second kappa shape index (κ2) is 12.1. The number of carbonyl (C=O) groups is 5. The van der Waals surface area contributed by atoms with E-state index in [0.717, 1.165) is 0 Å². The Balaban J connectivity index is 5.13. The summed E-state index contributed by atoms with van der Waals surface area (Å²) in [4.78, 5) is 57.9. The van der Waals surface area contributed by atoms with Crippen molar-refractivity contribution in [2.75, 3.05) is 19.0 Å². The van der Waals surface area contributed by atoms with E-state index < -0.39 is 73.4 Å². The molecular weight excluding hydrogens is 386 g/mol. The smallest absolute Gasteiger partial charge is 0.328 e. The van der Waals surface area contributed by atoms with E-state index in [0.29, 0.717) is 0 Å². The first kappa shape index (κ1) is 24.6. The van der Waals surface area contributed by atoms with Gasteiger partial charge in [0, 0.05) is 5.75 Å². The predicted octanol–water partition coefficient (Wildman–Crippen LogP) is -5.36. The Bertz CT molecular complexity index is 575. The summed E-state index contributed by atoms with van der Waals surface area (Å²) in [5.41, 5.74) is 10.3. The standard InChI is InChI=1S/C13H23N5O8S/c14-5(2-19)10(22)16-6(1-9(15)21)11(23)18-8(4-27)12(24)17-7(3-20)13(25)26/h5-8,19-20,27H,1-4,14H2,(H2,15,21)(H,16,22)(H,17,24)(H,18,23)(H,25,26). The minimum absolute atomic E-state index is 0.261. The van der Waals surface area contributed by atoms with E-state index in [9.17, 15) is 24.0 Å². The molecule has 10 N–H and O–H groups in total. The van der Waals surface area contributed by atoms with Gasteiger partial charge in [-0.25, -0.2) is 4.79 Å². The molecule has 4 atom stereocenters. The Hall–Kier alpha value is -2.42. The summed E-state index contributed by atoms with van der Waals surface area (Å²) in [5, 5.41) is 32.8. The third-order valence-corrected chi connectivity index (χ3v) is 3.55. The molecule has 0 fully saturated rings. The normalized spacial score (nSPS) is 15.0. The van der Waals surface area contributed by atoms with Gasteiger partial charge in [0.1, 0.15) is 24.2 Å². The largest absolute Gasteiger partial charge is 0.480 e. The van der Waals surface area contributed by atoms with Crippen LogP contribution in [-0.2, 0) is 24.0 Å². The molecule has 0 aliphatic carbocycles. The lowest BCUT2D eigenvalue weighted by molar-refractivity contribution is -0.143. The number of hydrogen-bond acceptors (Lipinski definition) is 9. The third-order valence-electron chi connectivity index (χ3n) is 3.18. The van der Waals surface area contributed by atoms with Crippen LogP contribution in [0.5, 0.6) is 0 Å². The number of carboxylic acid groups (broad SMARTS) is 1. The zero-order valence-electron chi connectivity index (χ0n) is 14.1. The number of carboxylic acids is 1. The highest BCUT2D eigenvalue weighted by molar-refractivity contribution is 7.80. The van der Waals surface area contributed by atoms with Crippen molar-refractivity contribution in [1.82, 2.24) is 16.0 Å². The van der Waals surface area contributed by atoms with Crippen LogP contribution in [0.25, 0.3) is 0 Å². The molecule has 13 nitrogen and oxygen atoms in total. The van der Waals surface area contributed by atoms with Gasteiger partial charge in [0.15, 0.2) is 0 Å². The molecular formula is C13H23N5O8S. The number of rotatable bonds is 12. The molecule has 0 bridgehead atoms. The Labute approximate surface area is 159 Å². The molecule has 0 aromatic heterocycles. The first-order valence-corrected chi connectivity index (χ1v) is 8.20. The van der Waals surface area contributed by atoms with Crippen molar-refractivity contribution in [3.05, 3.63) is 0 Å². The molecule has 0 saturated carbocycles. The van der Waals surface area contributed by atoms with Crippen molar-refractivity contribution >= 4 is 42.2 Å². The highest BCUT2D eigenvalue weighted by Gasteiger charge is 2.30. The Kier molecular flexibility index (Phi) is 11.0. The minimum atomic E-state index is -1.60. The second-order valence-corrected chi connectivity index (χ2v) is 5.71. The lowest BCUT2D eigenvalue weighted by atomic mass is 10.1. The number of amides is 4. The number of nitrogens with two attached hydrogens (primary N) is 2. The van der Waals surface area contributed by atoms with Gasteiger partial charge in [0.05, 0.1) is 19.6 Å². The summed E-state index contributed by atoms with van der Waals surface area (Å²) in [6, 6.07) is -5.78. The highest BCUT2D eigenvalue weighted by Crippen LogP contribution is 1.98. The van der Waals surface area contributed by atoms with Crippen LogP contribution in [0.2, 0.25) is 0 Å². The van der Waals surface area contributed by atoms with Crippen molar-refractivity contribution in [3.8, 4) is 0 Å². The number of aliphatic carboxylic acids is 1. The van der Waals surface area contributed by atoms with E-state index in [1.807, 2.05) is 5.32 Å². The van der Waals surface area contributed by atoms with Gasteiger partial charge in [0.2, 0.25) is 23.6 Å². The molecule has 0 aromatic rings. The maximum atomic E-state index is 12.3. The van der Waals surface area contributed by atoms with Gasteiger partial charge < -0.3 is 42.7 Å². The average Bonchev–Trinajstić information content (AvgIpc) is 2.61. The van der Waals surface area contributed by atoms with Gasteiger partial charge in [-0.1, -0.05) is 0 Å². The molecule has 4 unspecified atom stereocenters. The lowest BCUT2D eigenvalue weighted by Gasteiger charge is -2.23. The molecule has 14 heteroatoms. The van der Waals surface area contributed by atoms with E-state index in [-0.39, 0.29) is 5.75 Å². The summed E-state index contributed by atoms with van der Waals surface area (Å²) >= 11 is 3.87. The second-order valence-electron chi connectivity index (χ2n) is 5.35. The van der Waals surface area contributed by atoms with Crippen LogP contribution >= 0.6 is 12.6 Å². The number of nitrogens with one attached hydrogen (secondary N) is 3. The van der Waals surface area contributed by atoms with Crippen LogP contribution < -0.4 is 27.4 Å². The molecule has 0 aromatic carbocycles. The molecule has 0 rings (SSSR count). The van der Waals surface area contributed by atoms with Crippen molar-refractivity contribution in [2.45, 2.75) is 30.6 Å². The summed E-state index contributed by atoms with van der Waals surface area (Å²) in [5.74, 6) is -5.58. The molecule has 4 amide bonds. The highest BCUT2D eigenvalue weighted by atomic mass is 32.1. The van der Waals surface area contributed by atoms with Crippen LogP contribution in [0.3, 0.4) is 0 Å². The van der Waals surface area contributed by atoms with Gasteiger partial charge >= 0.3 is 5.97 Å². The van der Waals surface area contributed by atoms with Gasteiger partial charge in [-0.05, 0) is 0 Å². The molecule has 0 heterocycles. The molecule has 0 aliphatic heterocycles. The molecule has 27 heavy (non-hydrogen) atoms. The van der Waals surface area contributed by atoms with Crippen molar-refractivity contribution in [1.29, 1.82) is 0 Å². The van der Waals surface area contributed by atoms with Crippen LogP contribution in [-0.4, -0.2) is 88.1 Å². The molecule has 154 valence electrons. The first-order chi connectivity index (χ1) is 12.6. The quantitative estimate of drug-likeness (QED) is 0.140. The van der Waals surface area contributed by atoms with E-state index in [4.69, 9.17) is 26.8 Å². The van der Waals surface area contributed by atoms with Gasteiger partial charge in [-0.15, -0.1) is 0 Å². The van der Waals surface area contributed by atoms with Gasteiger partial charge in [0.25, 0.3) is 0 Å².